The summed E-state index contributed by atoms with van der Waals surface area (Å²) in [6.07, 6.45) is 3.07. The summed E-state index contributed by atoms with van der Waals surface area (Å²) in [5, 5.41) is 10.5. The number of hydrogen-bond donors (Lipinski definition) is 1. The van der Waals surface area contributed by atoms with Crippen LogP contribution in [-0.4, -0.2) is 63.1 Å². The number of nitrogens with zero attached hydrogens (tertiary/aromatic N) is 5. The number of aliphatic hydroxyl groups is 1. The van der Waals surface area contributed by atoms with E-state index in [0.717, 1.165) is 53.2 Å². The number of likely N-dealkylation sites (tertiary alicyclic amines) is 1. The van der Waals surface area contributed by atoms with Crippen LogP contribution in [0.3, 0.4) is 0 Å². The van der Waals surface area contributed by atoms with Crippen LogP contribution in [0.15, 0.2) is 42.7 Å². The molecule has 5 rings (SSSR count). The van der Waals surface area contributed by atoms with Gasteiger partial charge in [-0.25, -0.2) is 15.0 Å². The Labute approximate surface area is 174 Å². The number of likely N-dealkylation sites (N-methyl/N-ethyl adjacent to an activating group) is 1. The van der Waals surface area contributed by atoms with Gasteiger partial charge >= 0.3 is 0 Å². The topological polar surface area (TPSA) is 82.4 Å². The van der Waals surface area contributed by atoms with E-state index in [0.29, 0.717) is 13.0 Å². The van der Waals surface area contributed by atoms with Crippen molar-refractivity contribution in [3.63, 3.8) is 0 Å². The van der Waals surface area contributed by atoms with Gasteiger partial charge in [-0.1, -0.05) is 24.0 Å². The van der Waals surface area contributed by atoms with E-state index < -0.39 is 5.60 Å². The monoisotopic (exact) mass is 399 g/mol. The molecule has 1 aromatic carbocycles. The maximum Gasteiger partial charge on any atom is 0.267 e. The molecular weight excluding hydrogens is 378 g/mol. The van der Waals surface area contributed by atoms with Gasteiger partial charge in [-0.2, -0.15) is 0 Å². The van der Waals surface area contributed by atoms with Crippen molar-refractivity contribution in [1.82, 2.24) is 19.9 Å². The summed E-state index contributed by atoms with van der Waals surface area (Å²) in [4.78, 5) is 29.5. The Morgan fingerprint density at radius 3 is 2.73 bits per heavy atom. The lowest BCUT2D eigenvalue weighted by molar-refractivity contribution is -0.137. The van der Waals surface area contributed by atoms with E-state index in [1.54, 1.807) is 13.4 Å². The first kappa shape index (κ1) is 18.5. The fraction of sp³-hybridized carbons (Fsp3) is 0.304. The lowest BCUT2D eigenvalue weighted by atomic mass is 10.0. The average molecular weight is 399 g/mol. The van der Waals surface area contributed by atoms with E-state index in [-0.39, 0.29) is 5.91 Å². The second-order valence-electron chi connectivity index (χ2n) is 7.77. The molecule has 4 heterocycles. The van der Waals surface area contributed by atoms with Crippen LogP contribution < -0.4 is 4.90 Å². The van der Waals surface area contributed by atoms with Crippen LogP contribution in [0.2, 0.25) is 0 Å². The van der Waals surface area contributed by atoms with Gasteiger partial charge in [0.2, 0.25) is 5.60 Å². The Morgan fingerprint density at radius 1 is 1.13 bits per heavy atom. The van der Waals surface area contributed by atoms with Gasteiger partial charge < -0.3 is 14.9 Å². The molecule has 0 spiro atoms. The molecule has 2 saturated heterocycles. The summed E-state index contributed by atoms with van der Waals surface area (Å²) in [5.74, 6) is 6.26. The Kier molecular flexibility index (Phi) is 4.37. The quantitative estimate of drug-likeness (QED) is 0.663. The van der Waals surface area contributed by atoms with E-state index in [9.17, 15) is 9.90 Å². The number of carbonyl (C=O) groups is 1. The molecule has 0 radical (unpaired) electrons. The number of fused-ring (bicyclic) bond motifs is 1. The van der Waals surface area contributed by atoms with Crippen molar-refractivity contribution in [2.75, 3.05) is 31.6 Å². The molecule has 1 amide bonds. The number of carbonyl (C=O) groups excluding carboxylic acids is 1. The third-order valence-electron chi connectivity index (χ3n) is 5.70. The van der Waals surface area contributed by atoms with Crippen molar-refractivity contribution >= 4 is 22.8 Å². The van der Waals surface area contributed by atoms with Gasteiger partial charge in [0.15, 0.2) is 5.82 Å². The Hall–Kier alpha value is -3.50. The first-order valence-corrected chi connectivity index (χ1v) is 10.0. The molecule has 30 heavy (non-hydrogen) atoms. The van der Waals surface area contributed by atoms with Gasteiger partial charge in [-0.05, 0) is 30.7 Å². The zero-order valence-electron chi connectivity index (χ0n) is 16.7. The lowest BCUT2D eigenvalue weighted by Gasteiger charge is -2.32. The summed E-state index contributed by atoms with van der Waals surface area (Å²) < 4.78 is 0. The molecule has 3 aromatic rings. The van der Waals surface area contributed by atoms with Crippen molar-refractivity contribution in [3.8, 4) is 23.1 Å². The number of benzene rings is 1. The van der Waals surface area contributed by atoms with Crippen molar-refractivity contribution in [1.29, 1.82) is 0 Å². The van der Waals surface area contributed by atoms with E-state index >= 15 is 0 Å². The number of aromatic nitrogens is 3. The second kappa shape index (κ2) is 7.08. The van der Waals surface area contributed by atoms with Gasteiger partial charge in [-0.3, -0.25) is 4.79 Å². The smallest absolute Gasteiger partial charge is 0.267 e. The lowest BCUT2D eigenvalue weighted by Crippen LogP contribution is -2.37. The van der Waals surface area contributed by atoms with E-state index in [1.807, 2.05) is 36.4 Å². The standard InChI is InChI=1S/C23H21N5O2/c1-27-13-10-23(30,22(27)29)9-8-16-4-2-5-17(14-16)18-6-7-19-20(26-18)21(25-15-24-19)28-11-3-12-28/h2,4-7,14-15,30H,3,10-13H2,1H3/t23-/m1/s1. The highest BCUT2D eigenvalue weighted by Gasteiger charge is 2.42. The van der Waals surface area contributed by atoms with Crippen molar-refractivity contribution in [3.05, 3.63) is 48.3 Å². The molecule has 2 aliphatic rings. The molecular formula is C23H21N5O2. The molecule has 0 unspecified atom stereocenters. The molecule has 150 valence electrons. The number of hydrogen-bond acceptors (Lipinski definition) is 6. The molecule has 0 aliphatic carbocycles. The van der Waals surface area contributed by atoms with Gasteiger partial charge in [0.1, 0.15) is 11.8 Å². The maximum atomic E-state index is 12.1. The Bertz CT molecular complexity index is 1210. The fourth-order valence-corrected chi connectivity index (χ4v) is 3.75. The Balaban J connectivity index is 1.50. The molecule has 0 bridgehead atoms. The predicted molar refractivity (Wildman–Crippen MR) is 114 cm³/mol. The first-order valence-electron chi connectivity index (χ1n) is 10.0. The van der Waals surface area contributed by atoms with Gasteiger partial charge in [0.05, 0.1) is 11.2 Å². The van der Waals surface area contributed by atoms with Crippen LogP contribution in [0.25, 0.3) is 22.3 Å². The third-order valence-corrected chi connectivity index (χ3v) is 5.70. The van der Waals surface area contributed by atoms with Gasteiger partial charge in [-0.15, -0.1) is 0 Å². The summed E-state index contributed by atoms with van der Waals surface area (Å²) in [6.45, 7) is 2.48. The van der Waals surface area contributed by atoms with Gasteiger partial charge in [0.25, 0.3) is 5.91 Å². The van der Waals surface area contributed by atoms with Crippen LogP contribution in [0.1, 0.15) is 18.4 Å². The highest BCUT2D eigenvalue weighted by atomic mass is 16.3. The largest absolute Gasteiger partial charge is 0.369 e. The van der Waals surface area contributed by atoms with Crippen LogP contribution in [0, 0.1) is 11.8 Å². The van der Waals surface area contributed by atoms with Crippen molar-refractivity contribution in [2.24, 2.45) is 0 Å². The summed E-state index contributed by atoms with van der Waals surface area (Å²) in [7, 11) is 1.67. The number of pyridine rings is 1. The third kappa shape index (κ3) is 3.15. The van der Waals surface area contributed by atoms with E-state index in [4.69, 9.17) is 4.98 Å². The summed E-state index contributed by atoms with van der Waals surface area (Å²) in [5.41, 5.74) is 2.44. The molecule has 2 aliphatic heterocycles. The van der Waals surface area contributed by atoms with E-state index in [2.05, 4.69) is 26.7 Å². The SMILES string of the molecule is CN1CC[C@](O)(C#Cc2cccc(-c3ccc4ncnc(N5CCC5)c4n3)c2)C1=O. The van der Waals surface area contributed by atoms with E-state index in [1.165, 1.54) is 4.90 Å². The molecule has 2 fully saturated rings. The average Bonchev–Trinajstić information content (AvgIpc) is 2.99. The summed E-state index contributed by atoms with van der Waals surface area (Å²) in [6, 6.07) is 11.5. The molecule has 1 N–H and O–H groups in total. The molecule has 2 aromatic heterocycles. The molecule has 1 atom stereocenters. The minimum Gasteiger partial charge on any atom is -0.369 e. The predicted octanol–water partition coefficient (Wildman–Crippen LogP) is 1.85. The fourth-order valence-electron chi connectivity index (χ4n) is 3.75. The maximum absolute atomic E-state index is 12.1. The van der Waals surface area contributed by atoms with Gasteiger partial charge in [0, 0.05) is 44.2 Å². The Morgan fingerprint density at radius 2 is 2.00 bits per heavy atom. The molecule has 0 saturated carbocycles. The normalized spacial score (nSPS) is 20.8. The highest BCUT2D eigenvalue weighted by molar-refractivity contribution is 5.90. The minimum atomic E-state index is -1.60. The minimum absolute atomic E-state index is 0.320. The zero-order chi connectivity index (χ0) is 20.7. The second-order valence-corrected chi connectivity index (χ2v) is 7.77. The van der Waals surface area contributed by atoms with Crippen LogP contribution in [0.4, 0.5) is 5.82 Å². The highest BCUT2D eigenvalue weighted by Crippen LogP contribution is 2.28. The number of anilines is 1. The zero-order valence-corrected chi connectivity index (χ0v) is 16.7. The van der Waals surface area contributed by atoms with Crippen molar-refractivity contribution < 1.29 is 9.90 Å². The number of rotatable bonds is 2. The van der Waals surface area contributed by atoms with Crippen LogP contribution in [0.5, 0.6) is 0 Å². The molecule has 7 heteroatoms. The van der Waals surface area contributed by atoms with Crippen LogP contribution in [-0.2, 0) is 4.79 Å². The first-order chi connectivity index (χ1) is 14.5. The van der Waals surface area contributed by atoms with Crippen molar-refractivity contribution in [2.45, 2.75) is 18.4 Å². The summed E-state index contributed by atoms with van der Waals surface area (Å²) >= 11 is 0. The number of amides is 1. The van der Waals surface area contributed by atoms with Crippen LogP contribution >= 0.6 is 0 Å². The molecule has 7 nitrogen and oxygen atoms in total.